The number of nitrogens with zero attached hydrogens (tertiary/aromatic N) is 4. The minimum atomic E-state index is -0.409. The Balaban J connectivity index is 1.44. The standard InChI is InChI=1S/C28H24Cl3N7O2/c1-15(2)11-21-24-26(38(37-21)25-19(30)13-17(29)14-20(25)31)34-23(35-27(24)39)12-16-6-8-18(9-7-16)33-28(40)36-22-5-3-4-10-32-22/h3-10,13-15H,11-12H2,1-2H3,(H,34,35,39)(H2,32,33,36,40). The molecule has 0 aliphatic heterocycles. The van der Waals surface area contributed by atoms with Gasteiger partial charge in [-0.15, -0.1) is 0 Å². The van der Waals surface area contributed by atoms with Gasteiger partial charge in [-0.25, -0.2) is 19.4 Å². The summed E-state index contributed by atoms with van der Waals surface area (Å²) in [5.74, 6) is 1.13. The number of benzene rings is 2. The Morgan fingerprint density at radius 1 is 1.02 bits per heavy atom. The van der Waals surface area contributed by atoms with Crippen molar-refractivity contribution in [3.05, 3.63) is 103 Å². The molecule has 204 valence electrons. The molecule has 0 aliphatic rings. The van der Waals surface area contributed by atoms with E-state index in [1.165, 1.54) is 4.68 Å². The minimum absolute atomic E-state index is 0.250. The van der Waals surface area contributed by atoms with E-state index < -0.39 is 6.03 Å². The number of carbonyl (C=O) groups excluding carboxylic acids is 1. The molecule has 0 atom stereocenters. The number of halogens is 3. The van der Waals surface area contributed by atoms with E-state index in [4.69, 9.17) is 44.9 Å². The van der Waals surface area contributed by atoms with Crippen LogP contribution in [-0.2, 0) is 12.8 Å². The second kappa shape index (κ2) is 11.7. The van der Waals surface area contributed by atoms with E-state index in [2.05, 4.69) is 20.6 Å². The summed E-state index contributed by atoms with van der Waals surface area (Å²) in [5.41, 5.74) is 2.52. The molecule has 3 heterocycles. The number of aromatic nitrogens is 5. The Labute approximate surface area is 244 Å². The van der Waals surface area contributed by atoms with Crippen molar-refractivity contribution in [3.63, 3.8) is 0 Å². The Morgan fingerprint density at radius 3 is 2.40 bits per heavy atom. The largest absolute Gasteiger partial charge is 0.324 e. The van der Waals surface area contributed by atoms with E-state index >= 15 is 0 Å². The lowest BCUT2D eigenvalue weighted by Gasteiger charge is -2.10. The number of aromatic amines is 1. The molecule has 9 nitrogen and oxygen atoms in total. The first-order valence-electron chi connectivity index (χ1n) is 12.4. The molecule has 0 spiro atoms. The van der Waals surface area contributed by atoms with Gasteiger partial charge in [-0.1, -0.05) is 66.8 Å². The van der Waals surface area contributed by atoms with Crippen LogP contribution in [-0.4, -0.2) is 30.8 Å². The summed E-state index contributed by atoms with van der Waals surface area (Å²) in [4.78, 5) is 37.3. The number of amides is 2. The molecular formula is C28H24Cl3N7O2. The first-order valence-corrected chi connectivity index (χ1v) is 13.5. The number of hydrogen-bond donors (Lipinski definition) is 3. The van der Waals surface area contributed by atoms with Crippen LogP contribution in [0, 0.1) is 5.92 Å². The third kappa shape index (κ3) is 6.12. The van der Waals surface area contributed by atoms with Crippen molar-refractivity contribution in [2.24, 2.45) is 5.92 Å². The van der Waals surface area contributed by atoms with Crippen LogP contribution in [0.2, 0.25) is 15.1 Å². The van der Waals surface area contributed by atoms with Crippen LogP contribution in [0.1, 0.15) is 30.9 Å². The zero-order chi connectivity index (χ0) is 28.4. The molecule has 0 fully saturated rings. The molecule has 40 heavy (non-hydrogen) atoms. The van der Waals surface area contributed by atoms with Crippen molar-refractivity contribution >= 4 is 63.4 Å². The Kier molecular flexibility index (Phi) is 8.07. The number of hydrogen-bond acceptors (Lipinski definition) is 5. The summed E-state index contributed by atoms with van der Waals surface area (Å²) < 4.78 is 1.51. The van der Waals surface area contributed by atoms with Crippen LogP contribution in [0.25, 0.3) is 16.7 Å². The molecule has 0 saturated carbocycles. The van der Waals surface area contributed by atoms with Gasteiger partial charge in [0.05, 0.1) is 15.7 Å². The highest BCUT2D eigenvalue weighted by molar-refractivity contribution is 6.40. The summed E-state index contributed by atoms with van der Waals surface area (Å²) in [6.45, 7) is 4.09. The van der Waals surface area contributed by atoms with E-state index in [9.17, 15) is 9.59 Å². The van der Waals surface area contributed by atoms with Crippen molar-refractivity contribution < 1.29 is 4.79 Å². The minimum Gasteiger partial charge on any atom is -0.310 e. The fourth-order valence-electron chi connectivity index (χ4n) is 4.26. The van der Waals surface area contributed by atoms with E-state index in [1.807, 2.05) is 26.0 Å². The highest BCUT2D eigenvalue weighted by Crippen LogP contribution is 2.34. The molecule has 0 unspecified atom stereocenters. The van der Waals surface area contributed by atoms with Gasteiger partial charge in [0.2, 0.25) is 0 Å². The monoisotopic (exact) mass is 595 g/mol. The van der Waals surface area contributed by atoms with Gasteiger partial charge in [0.1, 0.15) is 22.7 Å². The SMILES string of the molecule is CC(C)Cc1nn(-c2c(Cl)cc(Cl)cc2Cl)c2nc(Cc3ccc(NC(=O)Nc4ccccn4)cc3)[nH]c(=O)c12. The average Bonchev–Trinajstić information content (AvgIpc) is 3.22. The maximum absolute atomic E-state index is 13.3. The average molecular weight is 597 g/mol. The second-order valence-corrected chi connectivity index (χ2v) is 10.8. The fraction of sp³-hybridized carbons (Fsp3) is 0.179. The van der Waals surface area contributed by atoms with Crippen LogP contribution < -0.4 is 16.2 Å². The third-order valence-corrected chi connectivity index (χ3v) is 6.74. The van der Waals surface area contributed by atoms with Crippen LogP contribution in [0.3, 0.4) is 0 Å². The summed E-state index contributed by atoms with van der Waals surface area (Å²) in [7, 11) is 0. The lowest BCUT2D eigenvalue weighted by atomic mass is 10.1. The van der Waals surface area contributed by atoms with E-state index in [-0.39, 0.29) is 21.5 Å². The third-order valence-electron chi connectivity index (χ3n) is 5.94. The molecule has 0 aliphatic carbocycles. The number of pyridine rings is 1. The van der Waals surface area contributed by atoms with Crippen LogP contribution in [0.4, 0.5) is 16.3 Å². The zero-order valence-electron chi connectivity index (χ0n) is 21.5. The summed E-state index contributed by atoms with van der Waals surface area (Å²) in [6, 6.07) is 15.2. The second-order valence-electron chi connectivity index (χ2n) is 9.55. The van der Waals surface area contributed by atoms with Crippen LogP contribution in [0.5, 0.6) is 0 Å². The molecule has 12 heteroatoms. The number of rotatable bonds is 7. The van der Waals surface area contributed by atoms with Gasteiger partial charge in [0.25, 0.3) is 5.56 Å². The number of fused-ring (bicyclic) bond motifs is 1. The Morgan fingerprint density at radius 2 is 1.75 bits per heavy atom. The summed E-state index contributed by atoms with van der Waals surface area (Å²) >= 11 is 19.1. The smallest absolute Gasteiger partial charge is 0.310 e. The molecule has 2 aromatic carbocycles. The van der Waals surface area contributed by atoms with Crippen molar-refractivity contribution in [1.29, 1.82) is 0 Å². The topological polar surface area (TPSA) is 118 Å². The predicted octanol–water partition coefficient (Wildman–Crippen LogP) is 6.90. The molecule has 3 aromatic heterocycles. The normalized spacial score (nSPS) is 11.2. The number of nitrogens with one attached hydrogen (secondary N) is 3. The van der Waals surface area contributed by atoms with E-state index in [0.717, 1.165) is 5.56 Å². The molecule has 5 rings (SSSR count). The maximum Gasteiger partial charge on any atom is 0.324 e. The lowest BCUT2D eigenvalue weighted by Crippen LogP contribution is -2.19. The summed E-state index contributed by atoms with van der Waals surface area (Å²) in [5, 5.41) is 11.5. The van der Waals surface area contributed by atoms with Gasteiger partial charge < -0.3 is 10.3 Å². The maximum atomic E-state index is 13.3. The molecule has 3 N–H and O–H groups in total. The first-order chi connectivity index (χ1) is 19.2. The molecular weight excluding hydrogens is 573 g/mol. The molecule has 0 saturated heterocycles. The molecule has 0 bridgehead atoms. The van der Waals surface area contributed by atoms with Crippen molar-refractivity contribution in [1.82, 2.24) is 24.7 Å². The summed E-state index contributed by atoms with van der Waals surface area (Å²) in [6.07, 6.45) is 2.49. The number of carbonyl (C=O) groups is 1. The van der Waals surface area contributed by atoms with Crippen molar-refractivity contribution in [2.45, 2.75) is 26.7 Å². The van der Waals surface area contributed by atoms with Gasteiger partial charge in [-0.05, 0) is 54.3 Å². The lowest BCUT2D eigenvalue weighted by molar-refractivity contribution is 0.262. The number of urea groups is 1. The van der Waals surface area contributed by atoms with Crippen LogP contribution in [0.15, 0.2) is 65.6 Å². The van der Waals surface area contributed by atoms with Gasteiger partial charge in [0.15, 0.2) is 5.65 Å². The van der Waals surface area contributed by atoms with E-state index in [1.54, 1.807) is 48.7 Å². The van der Waals surface area contributed by atoms with Gasteiger partial charge >= 0.3 is 6.03 Å². The number of H-pyrrole nitrogens is 1. The van der Waals surface area contributed by atoms with Crippen molar-refractivity contribution in [2.75, 3.05) is 10.6 Å². The quantitative estimate of drug-likeness (QED) is 0.189. The van der Waals surface area contributed by atoms with Gasteiger partial charge in [-0.3, -0.25) is 10.1 Å². The highest BCUT2D eigenvalue weighted by Gasteiger charge is 2.22. The Bertz CT molecular complexity index is 1730. The Hall–Kier alpha value is -3.92. The predicted molar refractivity (Wildman–Crippen MR) is 159 cm³/mol. The molecule has 5 aromatic rings. The van der Waals surface area contributed by atoms with Crippen LogP contribution >= 0.6 is 34.8 Å². The number of anilines is 2. The fourth-order valence-corrected chi connectivity index (χ4v) is 5.24. The first kappa shape index (κ1) is 27.6. The highest BCUT2D eigenvalue weighted by atomic mass is 35.5. The zero-order valence-corrected chi connectivity index (χ0v) is 23.8. The van der Waals surface area contributed by atoms with E-state index in [0.29, 0.717) is 57.6 Å². The van der Waals surface area contributed by atoms with Gasteiger partial charge in [0, 0.05) is 23.3 Å². The molecule has 2 amide bonds. The van der Waals surface area contributed by atoms with Gasteiger partial charge in [-0.2, -0.15) is 5.10 Å². The van der Waals surface area contributed by atoms with Crippen molar-refractivity contribution in [3.8, 4) is 5.69 Å². The molecule has 0 radical (unpaired) electrons.